The van der Waals surface area contributed by atoms with Crippen molar-refractivity contribution in [3.05, 3.63) is 102 Å². The number of hydrogen-bond donors (Lipinski definition) is 1. The Morgan fingerprint density at radius 1 is 1.03 bits per heavy atom. The second-order valence-corrected chi connectivity index (χ2v) is 8.35. The van der Waals surface area contributed by atoms with Gasteiger partial charge < -0.3 is 19.3 Å². The third kappa shape index (κ3) is 5.27. The lowest BCUT2D eigenvalue weighted by molar-refractivity contribution is 0.0942. The molecule has 0 aliphatic rings. The van der Waals surface area contributed by atoms with E-state index in [0.29, 0.717) is 34.9 Å². The molecule has 0 spiro atoms. The number of methoxy groups -OCH3 is 1. The van der Waals surface area contributed by atoms with Crippen LogP contribution in [0.5, 0.6) is 11.5 Å². The molecule has 8 nitrogen and oxygen atoms in total. The summed E-state index contributed by atoms with van der Waals surface area (Å²) in [5, 5.41) is 11.5. The molecule has 3 aromatic carbocycles. The van der Waals surface area contributed by atoms with Crippen LogP contribution in [0.1, 0.15) is 23.0 Å². The molecule has 0 radical (unpaired) electrons. The van der Waals surface area contributed by atoms with Gasteiger partial charge in [-0.15, -0.1) is 0 Å². The SMILES string of the molecule is CCOc1ccc(-c2nn(-c3ccccc3)cc2CNC(=O)c2cc(-c3ccc(OC)cc3)on2)cc1F. The predicted octanol–water partition coefficient (Wildman–Crippen LogP) is 5.67. The molecule has 1 N–H and O–H groups in total. The summed E-state index contributed by atoms with van der Waals surface area (Å²) >= 11 is 0. The number of nitrogens with one attached hydrogen (secondary N) is 1. The van der Waals surface area contributed by atoms with Crippen molar-refractivity contribution in [2.24, 2.45) is 0 Å². The minimum atomic E-state index is -0.484. The minimum Gasteiger partial charge on any atom is -0.497 e. The fraction of sp³-hybridized carbons (Fsp3) is 0.138. The van der Waals surface area contributed by atoms with Crippen molar-refractivity contribution in [1.29, 1.82) is 0 Å². The van der Waals surface area contributed by atoms with Gasteiger partial charge in [0.25, 0.3) is 5.91 Å². The Bertz CT molecular complexity index is 1540. The van der Waals surface area contributed by atoms with Crippen molar-refractivity contribution in [3.63, 3.8) is 0 Å². The van der Waals surface area contributed by atoms with Gasteiger partial charge in [-0.3, -0.25) is 4.79 Å². The number of benzene rings is 3. The van der Waals surface area contributed by atoms with Crippen LogP contribution in [0.25, 0.3) is 28.3 Å². The Morgan fingerprint density at radius 2 is 1.79 bits per heavy atom. The largest absolute Gasteiger partial charge is 0.497 e. The molecule has 0 unspecified atom stereocenters. The second-order valence-electron chi connectivity index (χ2n) is 8.35. The van der Waals surface area contributed by atoms with E-state index in [2.05, 4.69) is 15.6 Å². The molecule has 2 aromatic heterocycles. The van der Waals surface area contributed by atoms with Gasteiger partial charge in [-0.2, -0.15) is 5.10 Å². The Morgan fingerprint density at radius 3 is 2.50 bits per heavy atom. The van der Waals surface area contributed by atoms with Crippen molar-refractivity contribution < 1.29 is 23.2 Å². The fourth-order valence-electron chi connectivity index (χ4n) is 3.96. The molecule has 0 fully saturated rings. The first kappa shape index (κ1) is 24.8. The van der Waals surface area contributed by atoms with Crippen molar-refractivity contribution in [2.45, 2.75) is 13.5 Å². The van der Waals surface area contributed by atoms with Crippen LogP contribution in [0.3, 0.4) is 0 Å². The molecule has 192 valence electrons. The zero-order valence-corrected chi connectivity index (χ0v) is 20.8. The molecular formula is C29H25FN4O4. The molecular weight excluding hydrogens is 487 g/mol. The van der Waals surface area contributed by atoms with Crippen LogP contribution in [0, 0.1) is 5.82 Å². The van der Waals surface area contributed by atoms with Gasteiger partial charge in [0.1, 0.15) is 5.75 Å². The summed E-state index contributed by atoms with van der Waals surface area (Å²) in [6.07, 6.45) is 1.81. The van der Waals surface area contributed by atoms with E-state index in [1.165, 1.54) is 6.07 Å². The Balaban J connectivity index is 1.39. The molecule has 9 heteroatoms. The van der Waals surface area contributed by atoms with E-state index >= 15 is 0 Å². The smallest absolute Gasteiger partial charge is 0.273 e. The standard InChI is InChI=1S/C29H25FN4O4/c1-3-37-26-14-11-20(15-24(26)30)28-21(18-34(32-28)22-7-5-4-6-8-22)17-31-29(35)25-16-27(38-33-25)19-9-12-23(36-2)13-10-19/h4-16,18H,3,17H2,1-2H3,(H,31,35). The number of ether oxygens (including phenoxy) is 2. The molecule has 0 saturated heterocycles. The highest BCUT2D eigenvalue weighted by atomic mass is 19.1. The van der Waals surface area contributed by atoms with Crippen LogP contribution in [0.2, 0.25) is 0 Å². The van der Waals surface area contributed by atoms with E-state index < -0.39 is 11.7 Å². The van der Waals surface area contributed by atoms with Crippen LogP contribution in [0.15, 0.2) is 89.6 Å². The molecule has 38 heavy (non-hydrogen) atoms. The van der Waals surface area contributed by atoms with Gasteiger partial charge in [0.15, 0.2) is 23.0 Å². The van der Waals surface area contributed by atoms with Gasteiger partial charge in [-0.25, -0.2) is 9.07 Å². The summed E-state index contributed by atoms with van der Waals surface area (Å²) in [6, 6.07) is 23.1. The Labute approximate surface area is 218 Å². The Hall–Kier alpha value is -4.92. The maximum atomic E-state index is 14.6. The molecule has 5 aromatic rings. The number of carbonyl (C=O) groups is 1. The molecule has 1 amide bonds. The summed E-state index contributed by atoms with van der Waals surface area (Å²) in [7, 11) is 1.59. The van der Waals surface area contributed by atoms with E-state index in [1.54, 1.807) is 49.0 Å². The van der Waals surface area contributed by atoms with E-state index in [-0.39, 0.29) is 18.0 Å². The number of para-hydroxylation sites is 1. The highest BCUT2D eigenvalue weighted by Crippen LogP contribution is 2.28. The zero-order chi connectivity index (χ0) is 26.5. The van der Waals surface area contributed by atoms with Crippen LogP contribution < -0.4 is 14.8 Å². The van der Waals surface area contributed by atoms with Crippen LogP contribution in [-0.4, -0.2) is 34.6 Å². The molecule has 0 aliphatic heterocycles. The van der Waals surface area contributed by atoms with Crippen molar-refractivity contribution in [1.82, 2.24) is 20.3 Å². The van der Waals surface area contributed by atoms with Gasteiger partial charge in [0.05, 0.1) is 25.1 Å². The first-order valence-electron chi connectivity index (χ1n) is 12.0. The minimum absolute atomic E-state index is 0.139. The maximum Gasteiger partial charge on any atom is 0.273 e. The number of hydrogen-bond acceptors (Lipinski definition) is 6. The van der Waals surface area contributed by atoms with Crippen LogP contribution in [0.4, 0.5) is 4.39 Å². The van der Waals surface area contributed by atoms with Crippen molar-refractivity contribution in [3.8, 4) is 39.8 Å². The van der Waals surface area contributed by atoms with E-state index in [0.717, 1.165) is 11.3 Å². The average molecular weight is 513 g/mol. The number of halogens is 1. The molecule has 5 rings (SSSR count). The third-order valence-corrected chi connectivity index (χ3v) is 5.87. The summed E-state index contributed by atoms with van der Waals surface area (Å²) in [4.78, 5) is 12.9. The average Bonchev–Trinajstić information content (AvgIpc) is 3.62. The summed E-state index contributed by atoms with van der Waals surface area (Å²) in [5.41, 5.74) is 3.53. The van der Waals surface area contributed by atoms with E-state index in [9.17, 15) is 9.18 Å². The number of aromatic nitrogens is 3. The zero-order valence-electron chi connectivity index (χ0n) is 20.8. The molecule has 2 heterocycles. The topological polar surface area (TPSA) is 91.4 Å². The van der Waals surface area contributed by atoms with Gasteiger partial charge in [-0.1, -0.05) is 23.4 Å². The van der Waals surface area contributed by atoms with Gasteiger partial charge in [0, 0.05) is 35.5 Å². The van der Waals surface area contributed by atoms with Gasteiger partial charge in [-0.05, 0) is 61.5 Å². The van der Waals surface area contributed by atoms with E-state index in [4.69, 9.17) is 14.0 Å². The van der Waals surface area contributed by atoms with Gasteiger partial charge >= 0.3 is 0 Å². The number of amides is 1. The monoisotopic (exact) mass is 512 g/mol. The van der Waals surface area contributed by atoms with Gasteiger partial charge in [0.2, 0.25) is 0 Å². The summed E-state index contributed by atoms with van der Waals surface area (Å²) < 4.78 is 32.2. The van der Waals surface area contributed by atoms with Crippen molar-refractivity contribution in [2.75, 3.05) is 13.7 Å². The normalized spacial score (nSPS) is 10.8. The summed E-state index contributed by atoms with van der Waals surface area (Å²) in [6.45, 7) is 2.30. The van der Waals surface area contributed by atoms with Crippen LogP contribution >= 0.6 is 0 Å². The molecule has 0 saturated carbocycles. The first-order chi connectivity index (χ1) is 18.6. The Kier molecular flexibility index (Phi) is 7.17. The fourth-order valence-corrected chi connectivity index (χ4v) is 3.96. The third-order valence-electron chi connectivity index (χ3n) is 5.87. The highest BCUT2D eigenvalue weighted by Gasteiger charge is 2.18. The number of carbonyl (C=O) groups excluding carboxylic acids is 1. The highest BCUT2D eigenvalue weighted by molar-refractivity contribution is 5.93. The summed E-state index contributed by atoms with van der Waals surface area (Å²) in [5.74, 6) is 0.449. The second kappa shape index (κ2) is 11.0. The quantitative estimate of drug-likeness (QED) is 0.274. The lowest BCUT2D eigenvalue weighted by atomic mass is 10.1. The van der Waals surface area contributed by atoms with Crippen molar-refractivity contribution >= 4 is 5.91 Å². The maximum absolute atomic E-state index is 14.6. The molecule has 0 atom stereocenters. The lowest BCUT2D eigenvalue weighted by Gasteiger charge is -2.07. The first-order valence-corrected chi connectivity index (χ1v) is 12.0. The lowest BCUT2D eigenvalue weighted by Crippen LogP contribution is -2.23. The van der Waals surface area contributed by atoms with E-state index in [1.807, 2.05) is 48.7 Å². The molecule has 0 aliphatic carbocycles. The number of nitrogens with zero attached hydrogens (tertiary/aromatic N) is 3. The molecule has 0 bridgehead atoms. The number of rotatable bonds is 9. The van der Waals surface area contributed by atoms with Crippen LogP contribution in [-0.2, 0) is 6.54 Å². The predicted molar refractivity (Wildman–Crippen MR) is 140 cm³/mol.